The Kier molecular flexibility index (Phi) is 4.49. The number of benzene rings is 1. The van der Waals surface area contributed by atoms with Gasteiger partial charge in [0.25, 0.3) is 11.6 Å². The van der Waals surface area contributed by atoms with Gasteiger partial charge in [0.1, 0.15) is 5.15 Å². The van der Waals surface area contributed by atoms with Gasteiger partial charge in [-0.25, -0.2) is 4.98 Å². The van der Waals surface area contributed by atoms with Crippen molar-refractivity contribution in [1.29, 1.82) is 0 Å². The number of rotatable bonds is 4. The summed E-state index contributed by atoms with van der Waals surface area (Å²) in [6, 6.07) is 9.31. The molecule has 108 valence electrons. The highest BCUT2D eigenvalue weighted by molar-refractivity contribution is 6.29. The maximum absolute atomic E-state index is 12.2. The molecule has 0 spiro atoms. The quantitative estimate of drug-likeness (QED) is 0.494. The first-order valence-electron chi connectivity index (χ1n) is 6.07. The summed E-state index contributed by atoms with van der Waals surface area (Å²) in [5.74, 6) is -0.231. The maximum Gasteiger partial charge on any atom is 0.269 e. The molecule has 0 aliphatic carbocycles. The van der Waals surface area contributed by atoms with Crippen LogP contribution in [0.2, 0.25) is 5.15 Å². The fourth-order valence-corrected chi connectivity index (χ4v) is 1.95. The molecule has 1 aromatic heterocycles. The minimum absolute atomic E-state index is 0.00140. The van der Waals surface area contributed by atoms with E-state index in [1.54, 1.807) is 25.2 Å². The predicted molar refractivity (Wildman–Crippen MR) is 78.1 cm³/mol. The van der Waals surface area contributed by atoms with Gasteiger partial charge in [-0.1, -0.05) is 23.7 Å². The molecule has 0 unspecified atom stereocenters. The van der Waals surface area contributed by atoms with Crippen molar-refractivity contribution >= 4 is 23.2 Å². The van der Waals surface area contributed by atoms with Gasteiger partial charge in [-0.3, -0.25) is 14.9 Å². The maximum atomic E-state index is 12.2. The van der Waals surface area contributed by atoms with Crippen LogP contribution >= 0.6 is 11.6 Å². The average Bonchev–Trinajstić information content (AvgIpc) is 2.47. The topological polar surface area (TPSA) is 76.3 Å². The first kappa shape index (κ1) is 14.9. The molecular weight excluding hydrogens is 294 g/mol. The largest absolute Gasteiger partial charge is 0.337 e. The van der Waals surface area contributed by atoms with Gasteiger partial charge in [-0.15, -0.1) is 0 Å². The Hall–Kier alpha value is -2.47. The molecule has 1 amide bonds. The Labute approximate surface area is 126 Å². The van der Waals surface area contributed by atoms with Gasteiger partial charge in [-0.2, -0.15) is 0 Å². The minimum atomic E-state index is -0.464. The molecule has 0 radical (unpaired) electrons. The summed E-state index contributed by atoms with van der Waals surface area (Å²) in [5, 5.41) is 11.0. The van der Waals surface area contributed by atoms with Crippen LogP contribution in [0.5, 0.6) is 0 Å². The summed E-state index contributed by atoms with van der Waals surface area (Å²) in [6.07, 6.45) is 1.40. The molecule has 7 heteroatoms. The predicted octanol–water partition coefficient (Wildman–Crippen LogP) is 2.92. The van der Waals surface area contributed by atoms with Gasteiger partial charge >= 0.3 is 0 Å². The number of halogens is 1. The third-order valence-corrected chi connectivity index (χ3v) is 3.09. The number of carbonyl (C=O) groups excluding carboxylic acids is 1. The lowest BCUT2D eigenvalue weighted by atomic mass is 10.2. The zero-order chi connectivity index (χ0) is 15.4. The number of hydrogen-bond donors (Lipinski definition) is 0. The third-order valence-electron chi connectivity index (χ3n) is 2.86. The van der Waals surface area contributed by atoms with Crippen molar-refractivity contribution in [3.8, 4) is 0 Å². The lowest BCUT2D eigenvalue weighted by Crippen LogP contribution is -2.26. The highest BCUT2D eigenvalue weighted by Crippen LogP contribution is 2.15. The van der Waals surface area contributed by atoms with Gasteiger partial charge < -0.3 is 4.90 Å². The molecule has 0 N–H and O–H groups in total. The zero-order valence-corrected chi connectivity index (χ0v) is 11.9. The fourth-order valence-electron chi connectivity index (χ4n) is 1.84. The van der Waals surface area contributed by atoms with Crippen molar-refractivity contribution in [1.82, 2.24) is 9.88 Å². The minimum Gasteiger partial charge on any atom is -0.337 e. The Balaban J connectivity index is 2.12. The lowest BCUT2D eigenvalue weighted by molar-refractivity contribution is -0.384. The van der Waals surface area contributed by atoms with Gasteiger partial charge in [0.2, 0.25) is 0 Å². The summed E-state index contributed by atoms with van der Waals surface area (Å²) < 4.78 is 0. The Morgan fingerprint density at radius 2 is 2.14 bits per heavy atom. The van der Waals surface area contributed by atoms with Crippen LogP contribution in [0, 0.1) is 10.1 Å². The molecule has 0 fully saturated rings. The normalized spacial score (nSPS) is 10.2. The molecule has 1 aromatic carbocycles. The van der Waals surface area contributed by atoms with Crippen LogP contribution in [-0.2, 0) is 6.54 Å². The van der Waals surface area contributed by atoms with E-state index in [1.807, 2.05) is 0 Å². The van der Waals surface area contributed by atoms with Crippen LogP contribution in [0.4, 0.5) is 5.69 Å². The molecule has 0 saturated heterocycles. The monoisotopic (exact) mass is 305 g/mol. The van der Waals surface area contributed by atoms with E-state index >= 15 is 0 Å². The molecule has 2 aromatic rings. The summed E-state index contributed by atoms with van der Waals surface area (Å²) >= 11 is 5.67. The lowest BCUT2D eigenvalue weighted by Gasteiger charge is -2.17. The average molecular weight is 306 g/mol. The Morgan fingerprint density at radius 3 is 2.76 bits per heavy atom. The highest BCUT2D eigenvalue weighted by atomic mass is 35.5. The van der Waals surface area contributed by atoms with Crippen LogP contribution in [-0.4, -0.2) is 27.8 Å². The molecule has 6 nitrogen and oxygen atoms in total. The van der Waals surface area contributed by atoms with Crippen LogP contribution in [0.3, 0.4) is 0 Å². The molecular formula is C14H12ClN3O3. The summed E-state index contributed by atoms with van der Waals surface area (Å²) in [4.78, 5) is 27.8. The van der Waals surface area contributed by atoms with Crippen molar-refractivity contribution in [2.45, 2.75) is 6.54 Å². The zero-order valence-electron chi connectivity index (χ0n) is 11.2. The molecule has 21 heavy (non-hydrogen) atoms. The summed E-state index contributed by atoms with van der Waals surface area (Å²) in [5.41, 5.74) is 1.09. The van der Waals surface area contributed by atoms with Crippen molar-refractivity contribution in [3.63, 3.8) is 0 Å². The van der Waals surface area contributed by atoms with Gasteiger partial charge in [0.05, 0.1) is 10.5 Å². The van der Waals surface area contributed by atoms with E-state index in [0.717, 1.165) is 0 Å². The number of nitro benzene ring substituents is 1. The number of non-ortho nitro benzene ring substituents is 1. The second-order valence-electron chi connectivity index (χ2n) is 4.46. The van der Waals surface area contributed by atoms with Gasteiger partial charge in [-0.05, 0) is 17.7 Å². The van der Waals surface area contributed by atoms with E-state index in [0.29, 0.717) is 16.3 Å². The van der Waals surface area contributed by atoms with Crippen LogP contribution in [0.15, 0.2) is 42.6 Å². The molecule has 0 aliphatic heterocycles. The molecule has 0 atom stereocenters. The number of amides is 1. The summed E-state index contributed by atoms with van der Waals surface area (Å²) in [7, 11) is 1.62. The number of pyridine rings is 1. The summed E-state index contributed by atoms with van der Waals surface area (Å²) in [6.45, 7) is 0.267. The Bertz CT molecular complexity index is 673. The van der Waals surface area contributed by atoms with E-state index in [-0.39, 0.29) is 18.1 Å². The number of nitro groups is 1. The third kappa shape index (κ3) is 3.76. The smallest absolute Gasteiger partial charge is 0.269 e. The number of aromatic nitrogens is 1. The molecule has 0 aliphatic rings. The number of carbonyl (C=O) groups is 1. The van der Waals surface area contributed by atoms with Gasteiger partial charge in [0.15, 0.2) is 0 Å². The number of nitrogens with zero attached hydrogens (tertiary/aromatic N) is 3. The van der Waals surface area contributed by atoms with E-state index in [1.165, 1.54) is 29.3 Å². The van der Waals surface area contributed by atoms with E-state index < -0.39 is 4.92 Å². The second kappa shape index (κ2) is 6.32. The fraction of sp³-hybridized carbons (Fsp3) is 0.143. The SMILES string of the molecule is CN(Cc1cccc([N+](=O)[O-])c1)C(=O)c1ccc(Cl)nc1. The van der Waals surface area contributed by atoms with Crippen molar-refractivity contribution in [2.24, 2.45) is 0 Å². The van der Waals surface area contributed by atoms with E-state index in [2.05, 4.69) is 4.98 Å². The first-order valence-corrected chi connectivity index (χ1v) is 6.45. The van der Waals surface area contributed by atoms with Crippen molar-refractivity contribution in [2.75, 3.05) is 7.05 Å². The van der Waals surface area contributed by atoms with E-state index in [9.17, 15) is 14.9 Å². The molecule has 0 bridgehead atoms. The highest BCUT2D eigenvalue weighted by Gasteiger charge is 2.14. The van der Waals surface area contributed by atoms with Crippen molar-refractivity contribution in [3.05, 3.63) is 69.0 Å². The molecule has 2 rings (SSSR count). The first-order chi connectivity index (χ1) is 9.97. The standard InChI is InChI=1S/C14H12ClN3O3/c1-17(14(19)11-5-6-13(15)16-8-11)9-10-3-2-4-12(7-10)18(20)21/h2-8H,9H2,1H3. The van der Waals surface area contributed by atoms with Crippen molar-refractivity contribution < 1.29 is 9.72 Å². The van der Waals surface area contributed by atoms with E-state index in [4.69, 9.17) is 11.6 Å². The van der Waals surface area contributed by atoms with Crippen LogP contribution < -0.4 is 0 Å². The molecule has 0 saturated carbocycles. The van der Waals surface area contributed by atoms with Crippen LogP contribution in [0.1, 0.15) is 15.9 Å². The number of hydrogen-bond acceptors (Lipinski definition) is 4. The van der Waals surface area contributed by atoms with Crippen LogP contribution in [0.25, 0.3) is 0 Å². The second-order valence-corrected chi connectivity index (χ2v) is 4.85. The Morgan fingerprint density at radius 1 is 1.38 bits per heavy atom. The molecule has 1 heterocycles. The van der Waals surface area contributed by atoms with Gasteiger partial charge in [0, 0.05) is 31.9 Å².